The van der Waals surface area contributed by atoms with Gasteiger partial charge in [-0.05, 0) is 163 Å². The molecular formula is C115H154ILiN6O7. The molecule has 1 unspecified atom stereocenters. The standard InChI is InChI=1S/2C31H39NO.C24H27NO2.C10H15NO.C6H7NO.C6H6NO.C4H9I.3CH4.Li/c2*1-2-3-19-29-25-32(21-20-26-13-7-4-8-14-26)30(22-27-15-9-5-10-16-27)24-31(29,33)23-28-17-11-6-12-18-28;1-2-3-14-21-18-25(24(27)16-20-12-8-5-9-13-20)22(17-23(21)26)15-19-10-6-4-7-11-19;1-3-4-5-9-8-11-7-6-10(9)12-2;2*1-8-6-2-4-7-5-3-6;1-2-3-4-5;;;;/h2*4-18,29-30,33H,2-3,19-25H2,1H3;4-13,18,22H,2-3,14-17H2,1H3;6-8H,3-5H2,1-2H3;2-5H,1H3;2,4-5H,1H3;2-4H2,1H3;3*1H4;/q;;;;;-1;;;;;+1/t29-,30+,31+;29-,30-,31-;;;;;;;;;/m10........./s1. The van der Waals surface area contributed by atoms with E-state index >= 15 is 0 Å². The molecule has 0 saturated carbocycles. The molecule has 1 amide bonds. The van der Waals surface area contributed by atoms with Gasteiger partial charge in [0.2, 0.25) is 5.91 Å². The average Bonchev–Trinajstić information content (AvgIpc) is 0.781. The normalized spacial score (nSPS) is 17.7. The number of ketones is 1. The number of alkyl halides is 1. The van der Waals surface area contributed by atoms with Gasteiger partial charge in [-0.25, -0.2) is 0 Å². The van der Waals surface area contributed by atoms with Crippen molar-refractivity contribution in [3.8, 4) is 17.2 Å². The molecule has 0 aliphatic carbocycles. The zero-order valence-corrected chi connectivity index (χ0v) is 79.7. The fourth-order valence-electron chi connectivity index (χ4n) is 16.9. The second-order valence-electron chi connectivity index (χ2n) is 33.5. The largest absolute Gasteiger partial charge is 1.00 e. The Labute approximate surface area is 810 Å². The van der Waals surface area contributed by atoms with E-state index in [2.05, 4.69) is 282 Å². The summed E-state index contributed by atoms with van der Waals surface area (Å²) in [6.07, 6.45) is 36.7. The molecule has 2 N–H and O–H groups in total. The van der Waals surface area contributed by atoms with Gasteiger partial charge in [-0.2, -0.15) is 12.1 Å². The first-order valence-corrected chi connectivity index (χ1v) is 47.8. The Hall–Kier alpha value is -9.34. The molecule has 3 aliphatic rings. The van der Waals surface area contributed by atoms with Gasteiger partial charge in [0.25, 0.3) is 0 Å². The number of allylic oxidation sites excluding steroid dienone is 1. The van der Waals surface area contributed by atoms with Crippen molar-refractivity contribution in [1.29, 1.82) is 0 Å². The smallest absolute Gasteiger partial charge is 0.535 e. The molecular weight excluding hydrogens is 1710 g/mol. The number of benzene rings is 8. The van der Waals surface area contributed by atoms with E-state index in [0.29, 0.717) is 43.2 Å². The van der Waals surface area contributed by atoms with Gasteiger partial charge in [0.1, 0.15) is 11.5 Å². The first kappa shape index (κ1) is 113. The number of ether oxygens (including phenoxy) is 3. The molecule has 0 bridgehead atoms. The van der Waals surface area contributed by atoms with Crippen LogP contribution in [0.25, 0.3) is 0 Å². The molecule has 2 saturated heterocycles. The van der Waals surface area contributed by atoms with Crippen molar-refractivity contribution in [1.82, 2.24) is 29.7 Å². The Kier molecular flexibility index (Phi) is 57.4. The molecule has 15 heteroatoms. The average molecular weight is 1870 g/mol. The Morgan fingerprint density at radius 2 is 0.823 bits per heavy atom. The molecule has 11 aromatic rings. The van der Waals surface area contributed by atoms with Crippen LogP contribution in [0, 0.1) is 17.9 Å². The number of carbonyl (C=O) groups is 2. The van der Waals surface area contributed by atoms with Gasteiger partial charge in [0.05, 0.1) is 39.0 Å². The third-order valence-corrected chi connectivity index (χ3v) is 24.7. The summed E-state index contributed by atoms with van der Waals surface area (Å²) in [6, 6.07) is 95.0. The maximum Gasteiger partial charge on any atom is 1.00 e. The van der Waals surface area contributed by atoms with E-state index < -0.39 is 11.2 Å². The monoisotopic (exact) mass is 1870 g/mol. The van der Waals surface area contributed by atoms with Crippen LogP contribution in [-0.2, 0) is 67.4 Å². The Morgan fingerprint density at radius 3 is 1.18 bits per heavy atom. The van der Waals surface area contributed by atoms with Crippen LogP contribution in [0.5, 0.6) is 17.2 Å². The van der Waals surface area contributed by atoms with Crippen molar-refractivity contribution in [3.63, 3.8) is 0 Å². The summed E-state index contributed by atoms with van der Waals surface area (Å²) in [4.78, 5) is 44.5. The van der Waals surface area contributed by atoms with E-state index in [1.807, 2.05) is 71.9 Å². The molecule has 3 aromatic heterocycles. The Bertz CT molecular complexity index is 4480. The molecule has 7 atom stereocenters. The number of aryl methyl sites for hydroxylation is 1. The first-order valence-electron chi connectivity index (χ1n) is 46.3. The van der Waals surface area contributed by atoms with Crippen LogP contribution >= 0.6 is 22.6 Å². The van der Waals surface area contributed by atoms with Gasteiger partial charge >= 0.3 is 18.9 Å². The molecule has 6 heterocycles. The number of unbranched alkanes of at least 4 members (excludes halogenated alkanes) is 5. The number of likely N-dealkylation sites (tertiary alicyclic amines) is 2. The van der Waals surface area contributed by atoms with Gasteiger partial charge in [-0.3, -0.25) is 29.4 Å². The second kappa shape index (κ2) is 66.1. The third-order valence-electron chi connectivity index (χ3n) is 24.0. The van der Waals surface area contributed by atoms with E-state index in [4.69, 9.17) is 14.2 Å². The van der Waals surface area contributed by atoms with Crippen LogP contribution < -0.4 is 33.1 Å². The predicted octanol–water partition coefficient (Wildman–Crippen LogP) is 22.9. The fourth-order valence-corrected chi connectivity index (χ4v) is 17.6. The summed E-state index contributed by atoms with van der Waals surface area (Å²) < 4.78 is 16.2. The van der Waals surface area contributed by atoms with Crippen LogP contribution in [0.2, 0.25) is 0 Å². The van der Waals surface area contributed by atoms with Crippen molar-refractivity contribution in [3.05, 3.63) is 372 Å². The van der Waals surface area contributed by atoms with E-state index in [1.54, 1.807) is 70.5 Å². The van der Waals surface area contributed by atoms with Crippen LogP contribution in [0.15, 0.2) is 316 Å². The Morgan fingerprint density at radius 1 is 0.438 bits per heavy atom. The SMILES string of the molecule is C.C.C.CCCCC1=CN(C(=O)Cc2ccccc2)C(Cc2ccccc2)CC1=O.CCCCI.CCCC[C@@H]1CN(CCc2ccccc2)[C@@H](Cc2ccccc2)C[C@@]1(O)Cc1ccccc1.CCCC[C@H]1CN(CCc2ccccc2)[C@@H](Cc2ccccc2)C[C@@]1(O)Cc1ccccc1.CCCCc1cnccc1OC.COc1[c-]cncc1.COc1ccncc1.[Li+]. The molecule has 14 rings (SSSR count). The minimum Gasteiger partial charge on any atom is -0.535 e. The maximum absolute atomic E-state index is 13.1. The van der Waals surface area contributed by atoms with Crippen LogP contribution in [0.3, 0.4) is 0 Å². The van der Waals surface area contributed by atoms with E-state index in [1.165, 1.54) is 94.7 Å². The summed E-state index contributed by atoms with van der Waals surface area (Å²) in [5.41, 5.74) is 10.9. The number of Topliss-reactive ketones (excluding diaryl/α,β-unsaturated/α-hetero) is 1. The van der Waals surface area contributed by atoms with Gasteiger partial charge in [0.15, 0.2) is 5.78 Å². The van der Waals surface area contributed by atoms with Crippen molar-refractivity contribution in [2.45, 2.75) is 247 Å². The minimum absolute atomic E-state index is 0. The van der Waals surface area contributed by atoms with Crippen molar-refractivity contribution >= 4 is 34.3 Å². The number of pyridine rings is 3. The number of aromatic nitrogens is 3. The van der Waals surface area contributed by atoms with Crippen molar-refractivity contribution in [2.24, 2.45) is 11.8 Å². The number of aliphatic hydroxyl groups is 2. The quantitative estimate of drug-likeness (QED) is 0.0168. The third kappa shape index (κ3) is 41.2. The van der Waals surface area contributed by atoms with E-state index in [0.717, 1.165) is 150 Å². The second-order valence-corrected chi connectivity index (χ2v) is 34.6. The predicted molar refractivity (Wildman–Crippen MR) is 549 cm³/mol. The summed E-state index contributed by atoms with van der Waals surface area (Å²) >= 11 is 2.39. The Balaban J connectivity index is 0.000000343. The first-order chi connectivity index (χ1) is 61.6. The number of piperidine rings is 2. The van der Waals surface area contributed by atoms with Crippen LogP contribution in [0.1, 0.15) is 210 Å². The molecule has 0 spiro atoms. The molecule has 13 nitrogen and oxygen atoms in total. The number of hydrogen-bond donors (Lipinski definition) is 2. The topological polar surface area (TPSA) is 151 Å². The van der Waals surface area contributed by atoms with Gasteiger partial charge in [0, 0.05) is 118 Å². The van der Waals surface area contributed by atoms with Crippen LogP contribution in [0.4, 0.5) is 0 Å². The minimum atomic E-state index is -0.654. The molecule has 2 fully saturated rings. The number of rotatable bonds is 35. The fraction of sp³-hybridized carbons (Fsp3) is 0.417. The number of amides is 1. The van der Waals surface area contributed by atoms with Gasteiger partial charge in [-0.15, -0.1) is 0 Å². The van der Waals surface area contributed by atoms with E-state index in [-0.39, 0.29) is 58.9 Å². The molecule has 0 radical (unpaired) electrons. The van der Waals surface area contributed by atoms with E-state index in [9.17, 15) is 19.8 Å². The number of halogens is 1. The van der Waals surface area contributed by atoms with Crippen molar-refractivity contribution < 1.29 is 52.9 Å². The van der Waals surface area contributed by atoms with Crippen molar-refractivity contribution in [2.75, 3.05) is 51.9 Å². The number of hydrogen-bond acceptors (Lipinski definition) is 12. The molecule has 8 aromatic carbocycles. The molecule has 3 aliphatic heterocycles. The van der Waals surface area contributed by atoms with Crippen LogP contribution in [-0.4, -0.2) is 133 Å². The molecule has 694 valence electrons. The maximum atomic E-state index is 13.1. The summed E-state index contributed by atoms with van der Waals surface area (Å²) in [5, 5.41) is 24.3. The zero-order valence-electron chi connectivity index (χ0n) is 77.5. The summed E-state index contributed by atoms with van der Waals surface area (Å²) in [5.74, 6) is 3.39. The van der Waals surface area contributed by atoms with Gasteiger partial charge < -0.3 is 34.3 Å². The number of nitrogens with zero attached hydrogens (tertiary/aromatic N) is 6. The molecule has 130 heavy (non-hydrogen) atoms. The number of carbonyl (C=O) groups excluding carboxylic acids is 2. The summed E-state index contributed by atoms with van der Waals surface area (Å²) in [6.45, 7) is 15.1. The zero-order chi connectivity index (χ0) is 89.5. The number of methoxy groups -OCH3 is 3. The van der Waals surface area contributed by atoms with Gasteiger partial charge in [-0.1, -0.05) is 379 Å². The summed E-state index contributed by atoms with van der Waals surface area (Å²) in [7, 11) is 4.94.